The lowest BCUT2D eigenvalue weighted by atomic mass is 9.97. The Hall–Kier alpha value is -0.110. The van der Waals surface area contributed by atoms with E-state index >= 15 is 0 Å². The maximum atomic E-state index is 12.9. The van der Waals surface area contributed by atoms with Crippen molar-refractivity contribution < 1.29 is 9.13 Å². The zero-order chi connectivity index (χ0) is 6.91. The van der Waals surface area contributed by atoms with Crippen LogP contribution in [-0.4, -0.2) is 12.5 Å². The van der Waals surface area contributed by atoms with E-state index in [9.17, 15) is 4.39 Å². The zero-order valence-corrected chi connectivity index (χ0v) is 5.98. The van der Waals surface area contributed by atoms with Gasteiger partial charge in [-0.15, -0.1) is 0 Å². The van der Waals surface area contributed by atoms with Gasteiger partial charge in [-0.05, 0) is 19.3 Å². The van der Waals surface area contributed by atoms with Gasteiger partial charge in [-0.3, -0.25) is 0 Å². The van der Waals surface area contributed by atoms with E-state index in [1.165, 1.54) is 6.92 Å². The monoisotopic (exact) mass is 132 g/mol. The van der Waals surface area contributed by atoms with E-state index in [1.54, 1.807) is 0 Å². The molecule has 1 aliphatic heterocycles. The zero-order valence-electron chi connectivity index (χ0n) is 5.98. The summed E-state index contributed by atoms with van der Waals surface area (Å²) in [6.45, 7) is 4.14. The lowest BCUT2D eigenvalue weighted by molar-refractivity contribution is -0.169. The first kappa shape index (κ1) is 7.00. The molecule has 0 N–H and O–H groups in total. The van der Waals surface area contributed by atoms with Gasteiger partial charge in [0.25, 0.3) is 0 Å². The Morgan fingerprint density at radius 2 is 2.33 bits per heavy atom. The highest BCUT2D eigenvalue weighted by atomic mass is 19.2. The van der Waals surface area contributed by atoms with E-state index in [2.05, 4.69) is 6.92 Å². The average Bonchev–Trinajstić information content (AvgIpc) is 1.60. The molecule has 1 nitrogen and oxygen atoms in total. The molecule has 1 fully saturated rings. The minimum atomic E-state index is -1.35. The third-order valence-electron chi connectivity index (χ3n) is 1.73. The summed E-state index contributed by atoms with van der Waals surface area (Å²) < 4.78 is 17.8. The number of halogens is 1. The van der Waals surface area contributed by atoms with Gasteiger partial charge in [0.15, 0.2) is 0 Å². The quantitative estimate of drug-likeness (QED) is 0.490. The molecule has 9 heavy (non-hydrogen) atoms. The van der Waals surface area contributed by atoms with Gasteiger partial charge in [0.1, 0.15) is 0 Å². The average molecular weight is 132 g/mol. The molecule has 2 atom stereocenters. The van der Waals surface area contributed by atoms with Crippen LogP contribution >= 0.6 is 0 Å². The van der Waals surface area contributed by atoms with E-state index in [-0.39, 0.29) is 0 Å². The van der Waals surface area contributed by atoms with Crippen LogP contribution in [0.25, 0.3) is 0 Å². The Balaban J connectivity index is 2.41. The molecule has 54 valence electrons. The van der Waals surface area contributed by atoms with Crippen molar-refractivity contribution >= 4 is 0 Å². The first-order valence-electron chi connectivity index (χ1n) is 3.43. The smallest absolute Gasteiger partial charge is 0.206 e. The summed E-state index contributed by atoms with van der Waals surface area (Å²) in [6, 6.07) is 0. The molecule has 0 aromatic rings. The highest BCUT2D eigenvalue weighted by molar-refractivity contribution is 4.70. The van der Waals surface area contributed by atoms with Crippen molar-refractivity contribution in [2.45, 2.75) is 32.5 Å². The lowest BCUT2D eigenvalue weighted by Gasteiger charge is -2.29. The van der Waals surface area contributed by atoms with Gasteiger partial charge >= 0.3 is 0 Å². The maximum absolute atomic E-state index is 12.9. The van der Waals surface area contributed by atoms with Crippen molar-refractivity contribution in [3.63, 3.8) is 0 Å². The fourth-order valence-corrected chi connectivity index (χ4v) is 1.26. The molecule has 0 saturated carbocycles. The normalized spacial score (nSPS) is 45.0. The van der Waals surface area contributed by atoms with Gasteiger partial charge in [-0.2, -0.15) is 0 Å². The van der Waals surface area contributed by atoms with Gasteiger partial charge < -0.3 is 4.74 Å². The molecule has 0 radical (unpaired) electrons. The molecule has 2 heteroatoms. The lowest BCUT2D eigenvalue weighted by Crippen LogP contribution is -2.31. The predicted octanol–water partition coefficient (Wildman–Crippen LogP) is 2.12. The van der Waals surface area contributed by atoms with E-state index in [4.69, 9.17) is 4.74 Å². The van der Waals surface area contributed by atoms with Gasteiger partial charge in [0.2, 0.25) is 5.85 Å². The third-order valence-corrected chi connectivity index (χ3v) is 1.73. The van der Waals surface area contributed by atoms with Crippen molar-refractivity contribution in [2.75, 3.05) is 6.61 Å². The summed E-state index contributed by atoms with van der Waals surface area (Å²) in [7, 11) is 0. The Kier molecular flexibility index (Phi) is 1.75. The molecule has 0 amide bonds. The summed E-state index contributed by atoms with van der Waals surface area (Å²) in [6.07, 6.45) is 1.55. The Morgan fingerprint density at radius 1 is 1.67 bits per heavy atom. The van der Waals surface area contributed by atoms with Gasteiger partial charge in [-0.1, -0.05) is 6.92 Å². The molecule has 1 saturated heterocycles. The van der Waals surface area contributed by atoms with Crippen LogP contribution in [0.5, 0.6) is 0 Å². The summed E-state index contributed by atoms with van der Waals surface area (Å²) in [5, 5.41) is 0. The van der Waals surface area contributed by atoms with Crippen LogP contribution in [-0.2, 0) is 4.74 Å². The second-order valence-corrected chi connectivity index (χ2v) is 3.05. The third kappa shape index (κ3) is 1.94. The number of hydrogen-bond acceptors (Lipinski definition) is 1. The Labute approximate surface area is 55.2 Å². The fraction of sp³-hybridized carbons (Fsp3) is 1.00. The van der Waals surface area contributed by atoms with Crippen molar-refractivity contribution in [1.29, 1.82) is 0 Å². The SMILES string of the molecule is C[C@@H]1CCOC(C)(F)C1. The minimum absolute atomic E-state index is 0.480. The van der Waals surface area contributed by atoms with Gasteiger partial charge in [0, 0.05) is 6.42 Å². The second kappa shape index (κ2) is 2.25. The molecule has 0 spiro atoms. The van der Waals surface area contributed by atoms with Crippen LogP contribution in [0.3, 0.4) is 0 Å². The highest BCUT2D eigenvalue weighted by Crippen LogP contribution is 2.29. The maximum Gasteiger partial charge on any atom is 0.206 e. The largest absolute Gasteiger partial charge is 0.346 e. The summed E-state index contributed by atoms with van der Waals surface area (Å²) in [5.74, 6) is -0.869. The molecule has 1 heterocycles. The Bertz CT molecular complexity index is 101. The van der Waals surface area contributed by atoms with Crippen LogP contribution in [0.4, 0.5) is 4.39 Å². The molecule has 0 bridgehead atoms. The Morgan fingerprint density at radius 3 is 2.67 bits per heavy atom. The van der Waals surface area contributed by atoms with Crippen LogP contribution in [0, 0.1) is 5.92 Å². The van der Waals surface area contributed by atoms with Crippen molar-refractivity contribution in [3.05, 3.63) is 0 Å². The number of rotatable bonds is 0. The number of ether oxygens (including phenoxy) is 1. The molecule has 1 rings (SSSR count). The van der Waals surface area contributed by atoms with Gasteiger partial charge in [0.05, 0.1) is 6.61 Å². The van der Waals surface area contributed by atoms with Gasteiger partial charge in [-0.25, -0.2) is 4.39 Å². The van der Waals surface area contributed by atoms with Crippen LogP contribution in [0.2, 0.25) is 0 Å². The van der Waals surface area contributed by atoms with Crippen molar-refractivity contribution in [2.24, 2.45) is 5.92 Å². The summed E-state index contributed by atoms with van der Waals surface area (Å²) >= 11 is 0. The molecule has 0 aromatic heterocycles. The van der Waals surface area contributed by atoms with E-state index in [1.807, 2.05) is 0 Å². The predicted molar refractivity (Wildman–Crippen MR) is 33.9 cm³/mol. The molecule has 0 aromatic carbocycles. The molecule has 1 unspecified atom stereocenters. The first-order chi connectivity index (χ1) is 4.10. The summed E-state index contributed by atoms with van der Waals surface area (Å²) in [5.41, 5.74) is 0. The number of hydrogen-bond donors (Lipinski definition) is 0. The van der Waals surface area contributed by atoms with Crippen LogP contribution in [0.1, 0.15) is 26.7 Å². The topological polar surface area (TPSA) is 9.23 Å². The second-order valence-electron chi connectivity index (χ2n) is 3.05. The molecular weight excluding hydrogens is 119 g/mol. The highest BCUT2D eigenvalue weighted by Gasteiger charge is 2.30. The first-order valence-corrected chi connectivity index (χ1v) is 3.43. The van der Waals surface area contributed by atoms with Crippen LogP contribution < -0.4 is 0 Å². The summed E-state index contributed by atoms with van der Waals surface area (Å²) in [4.78, 5) is 0. The fourth-order valence-electron chi connectivity index (χ4n) is 1.26. The molecular formula is C7H13FO. The molecule has 0 aliphatic carbocycles. The van der Waals surface area contributed by atoms with Crippen LogP contribution in [0.15, 0.2) is 0 Å². The van der Waals surface area contributed by atoms with E-state index < -0.39 is 5.85 Å². The molecule has 1 aliphatic rings. The van der Waals surface area contributed by atoms with E-state index in [0.717, 1.165) is 6.42 Å². The van der Waals surface area contributed by atoms with E-state index in [0.29, 0.717) is 18.9 Å². The van der Waals surface area contributed by atoms with Crippen molar-refractivity contribution in [3.8, 4) is 0 Å². The number of alkyl halides is 1. The standard InChI is InChI=1S/C7H13FO/c1-6-3-4-9-7(2,8)5-6/h6H,3-5H2,1-2H3/t6-,7?/m1/s1. The van der Waals surface area contributed by atoms with Crippen molar-refractivity contribution in [1.82, 2.24) is 0 Å². The minimum Gasteiger partial charge on any atom is -0.346 e.